The van der Waals surface area contributed by atoms with Crippen molar-refractivity contribution in [1.82, 2.24) is 4.90 Å². The molecule has 5 atom stereocenters. The summed E-state index contributed by atoms with van der Waals surface area (Å²) < 4.78 is 11.9. The second kappa shape index (κ2) is 6.33. The summed E-state index contributed by atoms with van der Waals surface area (Å²) in [7, 11) is 1.64. The average molecular weight is 405 g/mol. The minimum absolute atomic E-state index is 0.0448. The predicted molar refractivity (Wildman–Crippen MR) is 113 cm³/mol. The van der Waals surface area contributed by atoms with Crippen LogP contribution in [-0.2, 0) is 18.3 Å². The molecule has 5 heteroatoms. The first-order chi connectivity index (χ1) is 14.6. The maximum absolute atomic E-state index is 12.2. The van der Waals surface area contributed by atoms with E-state index in [2.05, 4.69) is 35.2 Å². The van der Waals surface area contributed by atoms with Crippen LogP contribution in [0.4, 0.5) is 0 Å². The first-order valence-corrected chi connectivity index (χ1v) is 10.8. The fraction of sp³-hybridized carbons (Fsp3) is 0.440. The number of hydrogen-bond acceptors (Lipinski definition) is 5. The van der Waals surface area contributed by atoms with Crippen LogP contribution in [0.25, 0.3) is 0 Å². The summed E-state index contributed by atoms with van der Waals surface area (Å²) in [6.07, 6.45) is 4.80. The van der Waals surface area contributed by atoms with Gasteiger partial charge >= 0.3 is 0 Å². The van der Waals surface area contributed by atoms with Crippen LogP contribution in [0, 0.1) is 0 Å². The zero-order valence-corrected chi connectivity index (χ0v) is 17.1. The van der Waals surface area contributed by atoms with Crippen molar-refractivity contribution in [2.24, 2.45) is 0 Å². The molecule has 2 N–H and O–H groups in total. The van der Waals surface area contributed by atoms with Gasteiger partial charge in [-0.3, -0.25) is 4.90 Å². The molecular formula is C25H27NO4. The number of aliphatic hydroxyl groups is 2. The SMILES string of the molecule is COc1ccc2c3c1O[C@H]1[C@@H](O)C=C[C@@]4(O)[C@@H](C2)N(CCc2ccccc2)CC[C@]314. The fourth-order valence-corrected chi connectivity index (χ4v) is 6.50. The van der Waals surface area contributed by atoms with Crippen LogP contribution >= 0.6 is 0 Å². The number of likely N-dealkylation sites (tertiary alicyclic amines) is 1. The number of nitrogens with zero attached hydrogens (tertiary/aromatic N) is 1. The monoisotopic (exact) mass is 405 g/mol. The molecule has 6 rings (SSSR count). The molecule has 0 amide bonds. The maximum atomic E-state index is 12.2. The van der Waals surface area contributed by atoms with Crippen molar-refractivity contribution < 1.29 is 19.7 Å². The maximum Gasteiger partial charge on any atom is 0.166 e. The van der Waals surface area contributed by atoms with Crippen molar-refractivity contribution in [2.75, 3.05) is 20.2 Å². The first-order valence-electron chi connectivity index (χ1n) is 10.8. The lowest BCUT2D eigenvalue weighted by Gasteiger charge is -2.61. The molecule has 0 unspecified atom stereocenters. The largest absolute Gasteiger partial charge is 0.493 e. The minimum Gasteiger partial charge on any atom is -0.493 e. The molecule has 2 aliphatic carbocycles. The average Bonchev–Trinajstić information content (AvgIpc) is 3.12. The summed E-state index contributed by atoms with van der Waals surface area (Å²) in [6.45, 7) is 1.77. The summed E-state index contributed by atoms with van der Waals surface area (Å²) >= 11 is 0. The summed E-state index contributed by atoms with van der Waals surface area (Å²) in [5.41, 5.74) is 1.86. The Morgan fingerprint density at radius 3 is 2.83 bits per heavy atom. The molecule has 2 heterocycles. The Kier molecular flexibility index (Phi) is 3.89. The summed E-state index contributed by atoms with van der Waals surface area (Å²) in [5.74, 6) is 1.38. The highest BCUT2D eigenvalue weighted by molar-refractivity contribution is 5.64. The van der Waals surface area contributed by atoms with Gasteiger partial charge in [-0.1, -0.05) is 48.6 Å². The molecule has 2 aromatic rings. The topological polar surface area (TPSA) is 62.2 Å². The Bertz CT molecular complexity index is 1020. The molecule has 0 aromatic heterocycles. The van der Waals surface area contributed by atoms with E-state index < -0.39 is 23.2 Å². The van der Waals surface area contributed by atoms with Gasteiger partial charge in [0.15, 0.2) is 11.5 Å². The third-order valence-corrected chi connectivity index (χ3v) is 7.86. The van der Waals surface area contributed by atoms with E-state index in [-0.39, 0.29) is 6.04 Å². The van der Waals surface area contributed by atoms with Gasteiger partial charge in [0.25, 0.3) is 0 Å². The van der Waals surface area contributed by atoms with E-state index in [4.69, 9.17) is 9.47 Å². The van der Waals surface area contributed by atoms with Crippen molar-refractivity contribution in [2.45, 2.75) is 48.5 Å². The van der Waals surface area contributed by atoms with Gasteiger partial charge < -0.3 is 19.7 Å². The Labute approximate surface area is 176 Å². The van der Waals surface area contributed by atoms with Gasteiger partial charge in [-0.05, 0) is 43.0 Å². The normalized spacial score (nSPS) is 35.6. The number of hydrogen-bond donors (Lipinski definition) is 2. The van der Waals surface area contributed by atoms with Gasteiger partial charge in [0.1, 0.15) is 17.8 Å². The van der Waals surface area contributed by atoms with Gasteiger partial charge in [0, 0.05) is 18.2 Å². The lowest BCUT2D eigenvalue weighted by Crippen LogP contribution is -2.75. The van der Waals surface area contributed by atoms with E-state index >= 15 is 0 Å². The molecular weight excluding hydrogens is 378 g/mol. The number of aliphatic hydroxyl groups excluding tert-OH is 1. The molecule has 0 saturated carbocycles. The van der Waals surface area contributed by atoms with Crippen molar-refractivity contribution in [3.63, 3.8) is 0 Å². The second-order valence-electron chi connectivity index (χ2n) is 9.06. The van der Waals surface area contributed by atoms with E-state index in [1.165, 1.54) is 11.1 Å². The van der Waals surface area contributed by atoms with E-state index in [1.54, 1.807) is 13.2 Å². The van der Waals surface area contributed by atoms with Crippen LogP contribution in [0.2, 0.25) is 0 Å². The minimum atomic E-state index is -1.07. The third kappa shape index (κ3) is 2.18. The van der Waals surface area contributed by atoms with Gasteiger partial charge in [0.2, 0.25) is 0 Å². The Morgan fingerprint density at radius 2 is 2.03 bits per heavy atom. The summed E-state index contributed by atoms with van der Waals surface area (Å²) in [6, 6.07) is 14.5. The molecule has 2 bridgehead atoms. The van der Waals surface area contributed by atoms with Crippen molar-refractivity contribution in [3.05, 3.63) is 71.3 Å². The molecule has 1 saturated heterocycles. The quantitative estimate of drug-likeness (QED) is 0.764. The zero-order chi connectivity index (χ0) is 20.5. The second-order valence-corrected chi connectivity index (χ2v) is 9.06. The van der Waals surface area contributed by atoms with Crippen LogP contribution in [0.5, 0.6) is 11.5 Å². The number of methoxy groups -OCH3 is 1. The van der Waals surface area contributed by atoms with E-state index in [1.807, 2.05) is 18.2 Å². The molecule has 2 aromatic carbocycles. The molecule has 0 radical (unpaired) electrons. The summed E-state index contributed by atoms with van der Waals surface area (Å²) in [4.78, 5) is 2.43. The Balaban J connectivity index is 1.44. The molecule has 4 aliphatic rings. The molecule has 1 fully saturated rings. The number of benzene rings is 2. The predicted octanol–water partition coefficient (Wildman–Crippen LogP) is 2.23. The van der Waals surface area contributed by atoms with Gasteiger partial charge in [0.05, 0.1) is 12.5 Å². The van der Waals surface area contributed by atoms with Crippen LogP contribution in [0.3, 0.4) is 0 Å². The molecule has 30 heavy (non-hydrogen) atoms. The van der Waals surface area contributed by atoms with E-state index in [0.717, 1.165) is 37.9 Å². The molecule has 156 valence electrons. The van der Waals surface area contributed by atoms with Crippen molar-refractivity contribution in [3.8, 4) is 11.5 Å². The van der Waals surface area contributed by atoms with Crippen LogP contribution in [-0.4, -0.2) is 59.2 Å². The number of piperidine rings is 1. The molecule has 5 nitrogen and oxygen atoms in total. The zero-order valence-electron chi connectivity index (χ0n) is 17.1. The van der Waals surface area contributed by atoms with Gasteiger partial charge in [-0.2, -0.15) is 0 Å². The lowest BCUT2D eigenvalue weighted by atomic mass is 9.50. The van der Waals surface area contributed by atoms with Crippen LogP contribution < -0.4 is 9.47 Å². The fourth-order valence-electron chi connectivity index (χ4n) is 6.50. The Morgan fingerprint density at radius 1 is 1.20 bits per heavy atom. The number of rotatable bonds is 4. The molecule has 2 aliphatic heterocycles. The van der Waals surface area contributed by atoms with Gasteiger partial charge in [-0.15, -0.1) is 0 Å². The lowest BCUT2D eigenvalue weighted by molar-refractivity contribution is -0.155. The van der Waals surface area contributed by atoms with Crippen LogP contribution in [0.15, 0.2) is 54.6 Å². The molecule has 1 spiro atoms. The van der Waals surface area contributed by atoms with E-state index in [0.29, 0.717) is 11.5 Å². The van der Waals surface area contributed by atoms with E-state index in [9.17, 15) is 10.2 Å². The first kappa shape index (κ1) is 18.4. The highest BCUT2D eigenvalue weighted by Crippen LogP contribution is 2.64. The standard InChI is InChI=1S/C25H27NO4/c1-29-19-8-7-17-15-20-25(28)11-9-18(27)23-24(25,21(17)22(19)30-23)12-14-26(20)13-10-16-5-3-2-4-6-16/h2-9,11,18,20,23,27-28H,10,12-15H2,1H3/t18-,20+,23-,24-,25+/m0/s1. The van der Waals surface area contributed by atoms with Crippen molar-refractivity contribution in [1.29, 1.82) is 0 Å². The Hall–Kier alpha value is -2.34. The third-order valence-electron chi connectivity index (χ3n) is 7.86. The van der Waals surface area contributed by atoms with Gasteiger partial charge in [-0.25, -0.2) is 0 Å². The van der Waals surface area contributed by atoms with Crippen LogP contribution in [0.1, 0.15) is 23.1 Å². The van der Waals surface area contributed by atoms with Crippen molar-refractivity contribution >= 4 is 0 Å². The highest BCUT2D eigenvalue weighted by atomic mass is 16.5. The summed E-state index contributed by atoms with van der Waals surface area (Å²) in [5, 5.41) is 23.0. The number of ether oxygens (including phenoxy) is 2. The highest BCUT2D eigenvalue weighted by Gasteiger charge is 2.71. The smallest absolute Gasteiger partial charge is 0.166 e.